The number of nitrogens with one attached hydrogen (secondary N) is 1. The second-order valence-corrected chi connectivity index (χ2v) is 7.12. The SMILES string of the molecule is CSc1nnc(NC(=O)COc2ccc(C(C)C)c(C)c2)s1. The van der Waals surface area contributed by atoms with E-state index >= 15 is 0 Å². The van der Waals surface area contributed by atoms with E-state index in [4.69, 9.17) is 4.74 Å². The third-order valence-corrected chi connectivity index (χ3v) is 4.87. The third-order valence-electron chi connectivity index (χ3n) is 3.06. The van der Waals surface area contributed by atoms with Crippen molar-refractivity contribution in [3.05, 3.63) is 29.3 Å². The maximum Gasteiger partial charge on any atom is 0.264 e. The highest BCUT2D eigenvalue weighted by atomic mass is 32.2. The van der Waals surface area contributed by atoms with E-state index in [1.807, 2.05) is 31.4 Å². The molecule has 0 saturated carbocycles. The highest BCUT2D eigenvalue weighted by Crippen LogP contribution is 2.24. The van der Waals surface area contributed by atoms with Crippen molar-refractivity contribution >= 4 is 34.1 Å². The normalized spacial score (nSPS) is 10.8. The van der Waals surface area contributed by atoms with Crippen LogP contribution in [0.1, 0.15) is 30.9 Å². The Balaban J connectivity index is 1.89. The van der Waals surface area contributed by atoms with E-state index in [-0.39, 0.29) is 12.5 Å². The van der Waals surface area contributed by atoms with E-state index in [0.717, 1.165) is 4.34 Å². The number of thioether (sulfide) groups is 1. The molecule has 0 unspecified atom stereocenters. The fraction of sp³-hybridized carbons (Fsp3) is 0.400. The molecular formula is C15H19N3O2S2. The van der Waals surface area contributed by atoms with Crippen LogP contribution in [-0.4, -0.2) is 29.0 Å². The number of aromatic nitrogens is 2. The Morgan fingerprint density at radius 2 is 2.18 bits per heavy atom. The van der Waals surface area contributed by atoms with Gasteiger partial charge in [0.05, 0.1) is 0 Å². The maximum absolute atomic E-state index is 11.8. The molecule has 0 aliphatic rings. The minimum atomic E-state index is -0.241. The summed E-state index contributed by atoms with van der Waals surface area (Å²) in [6.07, 6.45) is 1.92. The van der Waals surface area contributed by atoms with Crippen LogP contribution in [0.3, 0.4) is 0 Å². The van der Waals surface area contributed by atoms with Gasteiger partial charge in [-0.25, -0.2) is 0 Å². The van der Waals surface area contributed by atoms with Gasteiger partial charge in [-0.2, -0.15) is 0 Å². The van der Waals surface area contributed by atoms with Crippen molar-refractivity contribution in [3.63, 3.8) is 0 Å². The van der Waals surface area contributed by atoms with Crippen molar-refractivity contribution in [1.29, 1.82) is 0 Å². The molecule has 5 nitrogen and oxygen atoms in total. The van der Waals surface area contributed by atoms with Crippen LogP contribution in [0.2, 0.25) is 0 Å². The van der Waals surface area contributed by atoms with Crippen LogP contribution >= 0.6 is 23.1 Å². The Labute approximate surface area is 138 Å². The topological polar surface area (TPSA) is 64.1 Å². The lowest BCUT2D eigenvalue weighted by molar-refractivity contribution is -0.118. The summed E-state index contributed by atoms with van der Waals surface area (Å²) in [6.45, 7) is 6.31. The lowest BCUT2D eigenvalue weighted by atomic mass is 9.98. The van der Waals surface area contributed by atoms with Gasteiger partial charge >= 0.3 is 0 Å². The van der Waals surface area contributed by atoms with Gasteiger partial charge < -0.3 is 4.74 Å². The quantitative estimate of drug-likeness (QED) is 0.643. The van der Waals surface area contributed by atoms with E-state index in [2.05, 4.69) is 29.4 Å². The molecular weight excluding hydrogens is 318 g/mol. The number of ether oxygens (including phenoxy) is 1. The van der Waals surface area contributed by atoms with E-state index in [1.165, 1.54) is 34.2 Å². The number of anilines is 1. The number of benzene rings is 1. The molecule has 0 spiro atoms. The maximum atomic E-state index is 11.8. The summed E-state index contributed by atoms with van der Waals surface area (Å²) in [5.74, 6) is 0.925. The molecule has 1 aromatic carbocycles. The second kappa shape index (κ2) is 7.60. The number of hydrogen-bond acceptors (Lipinski definition) is 6. The van der Waals surface area contributed by atoms with E-state index in [1.54, 1.807) is 0 Å². The Bertz CT molecular complexity index is 656. The van der Waals surface area contributed by atoms with Crippen molar-refractivity contribution in [2.75, 3.05) is 18.2 Å². The van der Waals surface area contributed by atoms with Crippen LogP contribution in [0.5, 0.6) is 5.75 Å². The smallest absolute Gasteiger partial charge is 0.264 e. The van der Waals surface area contributed by atoms with Gasteiger partial charge in [0.15, 0.2) is 10.9 Å². The number of amides is 1. The highest BCUT2D eigenvalue weighted by molar-refractivity contribution is 8.00. The van der Waals surface area contributed by atoms with Gasteiger partial charge in [-0.15, -0.1) is 10.2 Å². The van der Waals surface area contributed by atoms with E-state index in [0.29, 0.717) is 16.8 Å². The molecule has 1 N–H and O–H groups in total. The zero-order chi connectivity index (χ0) is 16.1. The minimum absolute atomic E-state index is 0.0470. The molecule has 0 fully saturated rings. The van der Waals surface area contributed by atoms with Crippen LogP contribution in [0.25, 0.3) is 0 Å². The van der Waals surface area contributed by atoms with E-state index in [9.17, 15) is 4.79 Å². The summed E-state index contributed by atoms with van der Waals surface area (Å²) in [5, 5.41) is 11.0. The van der Waals surface area contributed by atoms with E-state index < -0.39 is 0 Å². The molecule has 1 heterocycles. The Hall–Kier alpha value is -1.60. The van der Waals surface area contributed by atoms with Crippen molar-refractivity contribution in [2.24, 2.45) is 0 Å². The molecule has 1 aromatic heterocycles. The van der Waals surface area contributed by atoms with Gasteiger partial charge in [0.25, 0.3) is 5.91 Å². The largest absolute Gasteiger partial charge is 0.484 e. The van der Waals surface area contributed by atoms with Gasteiger partial charge in [0.1, 0.15) is 5.75 Å². The monoisotopic (exact) mass is 337 g/mol. The summed E-state index contributed by atoms with van der Waals surface area (Å²) in [4.78, 5) is 11.8. The predicted molar refractivity (Wildman–Crippen MR) is 91.1 cm³/mol. The lowest BCUT2D eigenvalue weighted by Gasteiger charge is -2.12. The molecule has 0 bridgehead atoms. The first-order valence-corrected chi connectivity index (χ1v) is 8.94. The number of carbonyl (C=O) groups excluding carboxylic acids is 1. The second-order valence-electron chi connectivity index (χ2n) is 5.09. The zero-order valence-corrected chi connectivity index (χ0v) is 14.7. The molecule has 0 aliphatic carbocycles. The lowest BCUT2D eigenvalue weighted by Crippen LogP contribution is -2.20. The Morgan fingerprint density at radius 3 is 2.77 bits per heavy atom. The third kappa shape index (κ3) is 4.45. The number of carbonyl (C=O) groups is 1. The number of aryl methyl sites for hydroxylation is 1. The molecule has 2 rings (SSSR count). The summed E-state index contributed by atoms with van der Waals surface area (Å²) in [6, 6.07) is 5.90. The molecule has 0 saturated heterocycles. The molecule has 0 aliphatic heterocycles. The molecule has 118 valence electrons. The average Bonchev–Trinajstić information content (AvgIpc) is 2.92. The van der Waals surface area contributed by atoms with Gasteiger partial charge in [-0.3, -0.25) is 10.1 Å². The summed E-state index contributed by atoms with van der Waals surface area (Å²) in [5.41, 5.74) is 2.46. The van der Waals surface area contributed by atoms with Crippen LogP contribution in [-0.2, 0) is 4.79 Å². The highest BCUT2D eigenvalue weighted by Gasteiger charge is 2.09. The zero-order valence-electron chi connectivity index (χ0n) is 13.0. The van der Waals surface area contributed by atoms with Gasteiger partial charge in [0.2, 0.25) is 5.13 Å². The van der Waals surface area contributed by atoms with Crippen LogP contribution in [0, 0.1) is 6.92 Å². The number of nitrogens with zero attached hydrogens (tertiary/aromatic N) is 2. The number of hydrogen-bond donors (Lipinski definition) is 1. The van der Waals surface area contributed by atoms with Crippen LogP contribution in [0.4, 0.5) is 5.13 Å². The summed E-state index contributed by atoms with van der Waals surface area (Å²) >= 11 is 2.84. The molecule has 1 amide bonds. The first-order chi connectivity index (χ1) is 10.5. The van der Waals surface area contributed by atoms with Crippen LogP contribution in [0.15, 0.2) is 22.5 Å². The Kier molecular flexibility index (Phi) is 5.79. The molecule has 0 atom stereocenters. The fourth-order valence-corrected chi connectivity index (χ4v) is 3.22. The predicted octanol–water partition coefficient (Wildman–Crippen LogP) is 3.71. The molecule has 2 aromatic rings. The van der Waals surface area contributed by atoms with Crippen molar-refractivity contribution in [1.82, 2.24) is 10.2 Å². The first kappa shape index (κ1) is 16.8. The minimum Gasteiger partial charge on any atom is -0.484 e. The average molecular weight is 337 g/mol. The van der Waals surface area contributed by atoms with Crippen molar-refractivity contribution in [3.8, 4) is 5.75 Å². The Morgan fingerprint density at radius 1 is 1.41 bits per heavy atom. The van der Waals surface area contributed by atoms with Crippen molar-refractivity contribution in [2.45, 2.75) is 31.0 Å². The molecule has 22 heavy (non-hydrogen) atoms. The van der Waals surface area contributed by atoms with Crippen LogP contribution < -0.4 is 10.1 Å². The van der Waals surface area contributed by atoms with Gasteiger partial charge in [-0.1, -0.05) is 43.0 Å². The standard InChI is InChI=1S/C15H19N3O2S2/c1-9(2)12-6-5-11(7-10(12)3)20-8-13(19)16-14-17-18-15(21-4)22-14/h5-7,9H,8H2,1-4H3,(H,16,17,19). The molecule has 0 radical (unpaired) electrons. The molecule has 7 heteroatoms. The van der Waals surface area contributed by atoms with Crippen molar-refractivity contribution < 1.29 is 9.53 Å². The summed E-state index contributed by atoms with van der Waals surface area (Å²) < 4.78 is 6.34. The first-order valence-electron chi connectivity index (χ1n) is 6.90. The van der Waals surface area contributed by atoms with Gasteiger partial charge in [0, 0.05) is 0 Å². The fourth-order valence-electron chi connectivity index (χ4n) is 2.03. The number of rotatable bonds is 6. The van der Waals surface area contributed by atoms with Gasteiger partial charge in [-0.05, 0) is 42.4 Å². The summed E-state index contributed by atoms with van der Waals surface area (Å²) in [7, 11) is 0.